The van der Waals surface area contributed by atoms with Crippen LogP contribution in [0.2, 0.25) is 0 Å². The van der Waals surface area contributed by atoms with Gasteiger partial charge in [0, 0.05) is 13.0 Å². The normalized spacial score (nSPS) is 23.6. The van der Waals surface area contributed by atoms with Crippen LogP contribution in [-0.4, -0.2) is 18.4 Å². The molecule has 1 heterocycles. The van der Waals surface area contributed by atoms with Gasteiger partial charge in [-0.25, -0.2) is 0 Å². The number of benzene rings is 2. The van der Waals surface area contributed by atoms with Crippen molar-refractivity contribution < 1.29 is 0 Å². The second kappa shape index (κ2) is 4.48. The molecule has 100 valence electrons. The second-order valence-corrected chi connectivity index (χ2v) is 5.85. The van der Waals surface area contributed by atoms with Gasteiger partial charge in [0.15, 0.2) is 0 Å². The largest absolute Gasteiger partial charge is 0.374 e. The quantitative estimate of drug-likeness (QED) is 0.838. The predicted molar refractivity (Wildman–Crippen MR) is 83.1 cm³/mol. The van der Waals surface area contributed by atoms with E-state index in [0.29, 0.717) is 0 Å². The molecule has 2 aromatic carbocycles. The zero-order valence-electron chi connectivity index (χ0n) is 11.5. The van der Waals surface area contributed by atoms with Gasteiger partial charge in [0.25, 0.3) is 0 Å². The molecule has 2 aromatic rings. The summed E-state index contributed by atoms with van der Waals surface area (Å²) in [6, 6.07) is 17.4. The van der Waals surface area contributed by atoms with E-state index in [9.17, 15) is 0 Å². The molecule has 0 fully saturated rings. The SMILES string of the molecule is C1=NC2(CCc3cccc(-c4ccccc4)c3C2)CN1. The molecule has 0 bridgehead atoms. The van der Waals surface area contributed by atoms with Crippen LogP contribution in [0.15, 0.2) is 53.5 Å². The highest BCUT2D eigenvalue weighted by molar-refractivity contribution is 5.70. The highest BCUT2D eigenvalue weighted by atomic mass is 15.1. The van der Waals surface area contributed by atoms with Gasteiger partial charge in [0.05, 0.1) is 11.9 Å². The molecule has 1 spiro atoms. The third-order valence-corrected chi connectivity index (χ3v) is 4.58. The zero-order chi connectivity index (χ0) is 13.4. The Morgan fingerprint density at radius 2 is 1.90 bits per heavy atom. The number of nitrogens with zero attached hydrogens (tertiary/aromatic N) is 1. The van der Waals surface area contributed by atoms with E-state index in [1.165, 1.54) is 22.3 Å². The van der Waals surface area contributed by atoms with Gasteiger partial charge < -0.3 is 5.32 Å². The van der Waals surface area contributed by atoms with Gasteiger partial charge in [-0.3, -0.25) is 4.99 Å². The van der Waals surface area contributed by atoms with Crippen molar-refractivity contribution in [2.45, 2.75) is 24.8 Å². The standard InChI is InChI=1S/C18H18N2/c1-2-5-14(6-3-1)16-8-4-7-15-9-10-18(11-17(15)16)12-19-13-20-18/h1-8,13H,9-12H2,(H,19,20). The van der Waals surface area contributed by atoms with Crippen LogP contribution in [-0.2, 0) is 12.8 Å². The summed E-state index contributed by atoms with van der Waals surface area (Å²) in [5, 5.41) is 3.28. The molecule has 1 N–H and O–H groups in total. The van der Waals surface area contributed by atoms with E-state index < -0.39 is 0 Å². The van der Waals surface area contributed by atoms with Crippen LogP contribution < -0.4 is 5.32 Å². The van der Waals surface area contributed by atoms with Crippen molar-refractivity contribution >= 4 is 6.34 Å². The number of aliphatic imine (C=N–C) groups is 1. The van der Waals surface area contributed by atoms with Crippen LogP contribution >= 0.6 is 0 Å². The smallest absolute Gasteiger partial charge is 0.0840 e. The average molecular weight is 262 g/mol. The number of hydrogen-bond donors (Lipinski definition) is 1. The monoisotopic (exact) mass is 262 g/mol. The molecule has 1 atom stereocenters. The van der Waals surface area contributed by atoms with Gasteiger partial charge in [0.2, 0.25) is 0 Å². The Morgan fingerprint density at radius 3 is 2.70 bits per heavy atom. The summed E-state index contributed by atoms with van der Waals surface area (Å²) in [6.45, 7) is 0.982. The van der Waals surface area contributed by atoms with E-state index in [0.717, 1.165) is 25.8 Å². The molecule has 2 nitrogen and oxygen atoms in total. The van der Waals surface area contributed by atoms with Gasteiger partial charge in [-0.2, -0.15) is 0 Å². The number of hydrogen-bond acceptors (Lipinski definition) is 2. The Labute approximate surface area is 119 Å². The van der Waals surface area contributed by atoms with E-state index in [1.807, 2.05) is 6.34 Å². The van der Waals surface area contributed by atoms with Crippen LogP contribution in [0.3, 0.4) is 0 Å². The summed E-state index contributed by atoms with van der Waals surface area (Å²) in [6.07, 6.45) is 5.23. The Kier molecular flexibility index (Phi) is 2.62. The van der Waals surface area contributed by atoms with Crippen molar-refractivity contribution in [2.24, 2.45) is 4.99 Å². The molecule has 2 heteroatoms. The van der Waals surface area contributed by atoms with Crippen LogP contribution in [0.25, 0.3) is 11.1 Å². The molecule has 2 aliphatic rings. The van der Waals surface area contributed by atoms with Crippen molar-refractivity contribution in [3.63, 3.8) is 0 Å². The van der Waals surface area contributed by atoms with E-state index >= 15 is 0 Å². The summed E-state index contributed by atoms with van der Waals surface area (Å²) in [4.78, 5) is 4.72. The van der Waals surface area contributed by atoms with Gasteiger partial charge in [-0.15, -0.1) is 0 Å². The first kappa shape index (κ1) is 11.7. The molecule has 0 saturated heterocycles. The first-order valence-corrected chi connectivity index (χ1v) is 7.30. The van der Waals surface area contributed by atoms with Crippen LogP contribution in [0, 0.1) is 0 Å². The molecule has 20 heavy (non-hydrogen) atoms. The van der Waals surface area contributed by atoms with Gasteiger partial charge in [-0.05, 0) is 35.1 Å². The lowest BCUT2D eigenvalue weighted by Gasteiger charge is -2.33. The molecule has 0 radical (unpaired) electrons. The fourth-order valence-electron chi connectivity index (χ4n) is 3.48. The van der Waals surface area contributed by atoms with Crippen LogP contribution in [0.5, 0.6) is 0 Å². The van der Waals surface area contributed by atoms with Crippen molar-refractivity contribution in [3.8, 4) is 11.1 Å². The number of nitrogens with one attached hydrogen (secondary N) is 1. The highest BCUT2D eigenvalue weighted by Gasteiger charge is 2.36. The maximum Gasteiger partial charge on any atom is 0.0840 e. The van der Waals surface area contributed by atoms with Crippen LogP contribution in [0.4, 0.5) is 0 Å². The lowest BCUT2D eigenvalue weighted by atomic mass is 9.76. The maximum atomic E-state index is 4.72. The minimum absolute atomic E-state index is 0.0951. The number of aryl methyl sites for hydroxylation is 1. The van der Waals surface area contributed by atoms with Crippen molar-refractivity contribution in [1.82, 2.24) is 5.32 Å². The van der Waals surface area contributed by atoms with E-state index in [4.69, 9.17) is 4.99 Å². The molecule has 0 aromatic heterocycles. The predicted octanol–water partition coefficient (Wildman–Crippen LogP) is 3.21. The molecule has 1 aliphatic heterocycles. The first-order valence-electron chi connectivity index (χ1n) is 7.30. The molecule has 1 aliphatic carbocycles. The summed E-state index contributed by atoms with van der Waals surface area (Å²) in [5.74, 6) is 0. The summed E-state index contributed by atoms with van der Waals surface area (Å²) in [5.41, 5.74) is 5.78. The van der Waals surface area contributed by atoms with E-state index in [-0.39, 0.29) is 5.54 Å². The first-order chi connectivity index (χ1) is 9.86. The third-order valence-electron chi connectivity index (χ3n) is 4.58. The van der Waals surface area contributed by atoms with E-state index in [1.54, 1.807) is 0 Å². The molecule has 1 unspecified atom stereocenters. The molecular formula is C18H18N2. The van der Waals surface area contributed by atoms with Gasteiger partial charge >= 0.3 is 0 Å². The fraction of sp³-hybridized carbons (Fsp3) is 0.278. The zero-order valence-corrected chi connectivity index (χ0v) is 11.5. The summed E-state index contributed by atoms with van der Waals surface area (Å²) in [7, 11) is 0. The molecule has 0 saturated carbocycles. The average Bonchev–Trinajstić information content (AvgIpc) is 2.95. The number of fused-ring (bicyclic) bond motifs is 1. The highest BCUT2D eigenvalue weighted by Crippen LogP contribution is 2.37. The maximum absolute atomic E-state index is 4.72. The van der Waals surface area contributed by atoms with Gasteiger partial charge in [-0.1, -0.05) is 48.5 Å². The topological polar surface area (TPSA) is 24.4 Å². The lowest BCUT2D eigenvalue weighted by Crippen LogP contribution is -2.38. The van der Waals surface area contributed by atoms with Crippen molar-refractivity contribution in [1.29, 1.82) is 0 Å². The third kappa shape index (κ3) is 1.83. The van der Waals surface area contributed by atoms with Gasteiger partial charge in [0.1, 0.15) is 0 Å². The molecule has 0 amide bonds. The second-order valence-electron chi connectivity index (χ2n) is 5.85. The molecule has 4 rings (SSSR count). The minimum atomic E-state index is 0.0951. The molecular weight excluding hydrogens is 244 g/mol. The van der Waals surface area contributed by atoms with Crippen LogP contribution in [0.1, 0.15) is 17.5 Å². The minimum Gasteiger partial charge on any atom is -0.374 e. The Hall–Kier alpha value is -2.09. The Bertz CT molecular complexity index is 660. The summed E-state index contributed by atoms with van der Waals surface area (Å²) >= 11 is 0. The summed E-state index contributed by atoms with van der Waals surface area (Å²) < 4.78 is 0. The van der Waals surface area contributed by atoms with Crippen molar-refractivity contribution in [3.05, 3.63) is 59.7 Å². The lowest BCUT2D eigenvalue weighted by molar-refractivity contribution is 0.395. The number of rotatable bonds is 1. The van der Waals surface area contributed by atoms with E-state index in [2.05, 4.69) is 53.8 Å². The fourth-order valence-corrected chi connectivity index (χ4v) is 3.48. The Morgan fingerprint density at radius 1 is 1.00 bits per heavy atom. The Balaban J connectivity index is 1.82. The van der Waals surface area contributed by atoms with Crippen molar-refractivity contribution in [2.75, 3.05) is 6.54 Å².